The first kappa shape index (κ1) is 15.3. The zero-order valence-corrected chi connectivity index (χ0v) is 12.5. The molecule has 0 aromatic heterocycles. The van der Waals surface area contributed by atoms with Gasteiger partial charge in [0.05, 0.1) is 11.8 Å². The standard InChI is InChI=1S/C15H26N2O3/c1-16-9-5-6-11(16)10-17(2)14(18)12-7-3-4-8-13(12)15(19)20/h11-13H,3-10H2,1-2H3,(H,19,20)/t11?,12-,13+/m1/s1. The molecule has 2 rings (SSSR count). The summed E-state index contributed by atoms with van der Waals surface area (Å²) in [5.41, 5.74) is 0. The molecule has 114 valence electrons. The van der Waals surface area contributed by atoms with Crippen molar-refractivity contribution in [2.45, 2.75) is 44.6 Å². The molecule has 20 heavy (non-hydrogen) atoms. The number of likely N-dealkylation sites (N-methyl/N-ethyl adjacent to an activating group) is 2. The van der Waals surface area contributed by atoms with Gasteiger partial charge in [-0.15, -0.1) is 0 Å². The van der Waals surface area contributed by atoms with Gasteiger partial charge in [-0.05, 0) is 39.3 Å². The Hall–Kier alpha value is -1.10. The lowest BCUT2D eigenvalue weighted by Gasteiger charge is -2.33. The van der Waals surface area contributed by atoms with Crippen LogP contribution >= 0.6 is 0 Å². The van der Waals surface area contributed by atoms with E-state index >= 15 is 0 Å². The van der Waals surface area contributed by atoms with Crippen LogP contribution in [0.15, 0.2) is 0 Å². The van der Waals surface area contributed by atoms with E-state index in [1.807, 2.05) is 7.05 Å². The summed E-state index contributed by atoms with van der Waals surface area (Å²) in [5, 5.41) is 9.29. The average Bonchev–Trinajstić information content (AvgIpc) is 2.83. The zero-order valence-electron chi connectivity index (χ0n) is 12.5. The summed E-state index contributed by atoms with van der Waals surface area (Å²) in [7, 11) is 3.92. The molecule has 1 unspecified atom stereocenters. The van der Waals surface area contributed by atoms with E-state index in [9.17, 15) is 14.7 Å². The minimum Gasteiger partial charge on any atom is -0.481 e. The highest BCUT2D eigenvalue weighted by molar-refractivity contribution is 5.84. The molecule has 1 aliphatic carbocycles. The predicted molar refractivity (Wildman–Crippen MR) is 76.4 cm³/mol. The lowest BCUT2D eigenvalue weighted by Crippen LogP contribution is -2.45. The number of amides is 1. The van der Waals surface area contributed by atoms with Gasteiger partial charge < -0.3 is 14.9 Å². The summed E-state index contributed by atoms with van der Waals surface area (Å²) < 4.78 is 0. The smallest absolute Gasteiger partial charge is 0.307 e. The van der Waals surface area contributed by atoms with Gasteiger partial charge >= 0.3 is 5.97 Å². The Bertz CT molecular complexity index is 372. The number of hydrogen-bond donors (Lipinski definition) is 1. The number of likely N-dealkylation sites (tertiary alicyclic amines) is 1. The maximum absolute atomic E-state index is 12.6. The molecule has 0 radical (unpaired) electrons. The molecule has 2 fully saturated rings. The molecule has 3 atom stereocenters. The molecule has 5 nitrogen and oxygen atoms in total. The van der Waals surface area contributed by atoms with Gasteiger partial charge in [0, 0.05) is 19.6 Å². The van der Waals surface area contributed by atoms with Gasteiger partial charge in [-0.3, -0.25) is 9.59 Å². The number of rotatable bonds is 4. The minimum absolute atomic E-state index is 0.0254. The van der Waals surface area contributed by atoms with Crippen molar-refractivity contribution < 1.29 is 14.7 Å². The molecule has 1 aliphatic heterocycles. The van der Waals surface area contributed by atoms with Crippen molar-refractivity contribution in [1.82, 2.24) is 9.80 Å². The predicted octanol–water partition coefficient (Wildman–Crippen LogP) is 1.43. The van der Waals surface area contributed by atoms with E-state index in [2.05, 4.69) is 11.9 Å². The van der Waals surface area contributed by atoms with E-state index in [1.54, 1.807) is 4.90 Å². The Kier molecular flexibility index (Phi) is 5.02. The van der Waals surface area contributed by atoms with Crippen LogP contribution in [-0.2, 0) is 9.59 Å². The normalized spacial score (nSPS) is 31.2. The fourth-order valence-electron chi connectivity index (χ4n) is 3.62. The van der Waals surface area contributed by atoms with Crippen molar-refractivity contribution in [2.75, 3.05) is 27.2 Å². The van der Waals surface area contributed by atoms with E-state index in [0.29, 0.717) is 12.5 Å². The first-order valence-electron chi connectivity index (χ1n) is 7.68. The number of carbonyl (C=O) groups is 2. The van der Waals surface area contributed by atoms with Crippen LogP contribution in [0.3, 0.4) is 0 Å². The van der Waals surface area contributed by atoms with E-state index in [1.165, 1.54) is 6.42 Å². The Balaban J connectivity index is 1.95. The van der Waals surface area contributed by atoms with Gasteiger partial charge in [0.15, 0.2) is 0 Å². The average molecular weight is 282 g/mol. The molecule has 0 aromatic rings. The molecule has 0 aromatic carbocycles. The first-order chi connectivity index (χ1) is 9.50. The van der Waals surface area contributed by atoms with Gasteiger partial charge in [-0.2, -0.15) is 0 Å². The van der Waals surface area contributed by atoms with Gasteiger partial charge in [-0.1, -0.05) is 12.8 Å². The molecule has 0 bridgehead atoms. The van der Waals surface area contributed by atoms with Crippen molar-refractivity contribution in [3.05, 3.63) is 0 Å². The molecule has 1 saturated heterocycles. The summed E-state index contributed by atoms with van der Waals surface area (Å²) in [5.74, 6) is -1.59. The highest BCUT2D eigenvalue weighted by atomic mass is 16.4. The Labute approximate surface area is 120 Å². The van der Waals surface area contributed by atoms with Crippen molar-refractivity contribution >= 4 is 11.9 Å². The Morgan fingerprint density at radius 2 is 1.80 bits per heavy atom. The quantitative estimate of drug-likeness (QED) is 0.847. The maximum Gasteiger partial charge on any atom is 0.307 e. The molecular weight excluding hydrogens is 256 g/mol. The van der Waals surface area contributed by atoms with E-state index in [-0.39, 0.29) is 11.8 Å². The van der Waals surface area contributed by atoms with Crippen LogP contribution in [0.1, 0.15) is 38.5 Å². The third kappa shape index (κ3) is 3.32. The summed E-state index contributed by atoms with van der Waals surface area (Å²) >= 11 is 0. The lowest BCUT2D eigenvalue weighted by molar-refractivity contribution is -0.152. The third-order valence-corrected chi connectivity index (χ3v) is 4.93. The van der Waals surface area contributed by atoms with Crippen LogP contribution in [0.4, 0.5) is 0 Å². The van der Waals surface area contributed by atoms with Crippen molar-refractivity contribution in [1.29, 1.82) is 0 Å². The number of carboxylic acids is 1. The van der Waals surface area contributed by atoms with Crippen molar-refractivity contribution in [2.24, 2.45) is 11.8 Å². The number of hydrogen-bond acceptors (Lipinski definition) is 3. The SMILES string of the molecule is CN(CC1CCCN1C)C(=O)[C@@H]1CCCC[C@@H]1C(=O)O. The van der Waals surface area contributed by atoms with Crippen molar-refractivity contribution in [3.8, 4) is 0 Å². The maximum atomic E-state index is 12.6. The highest BCUT2D eigenvalue weighted by Crippen LogP contribution is 2.31. The minimum atomic E-state index is -0.811. The van der Waals surface area contributed by atoms with Gasteiger partial charge in [0.2, 0.25) is 5.91 Å². The van der Waals surface area contributed by atoms with Crippen LogP contribution in [0.2, 0.25) is 0 Å². The fourth-order valence-corrected chi connectivity index (χ4v) is 3.62. The Morgan fingerprint density at radius 3 is 2.35 bits per heavy atom. The van der Waals surface area contributed by atoms with E-state index in [0.717, 1.165) is 38.8 Å². The number of aliphatic carboxylic acids is 1. The fraction of sp³-hybridized carbons (Fsp3) is 0.867. The molecule has 0 spiro atoms. The van der Waals surface area contributed by atoms with E-state index < -0.39 is 11.9 Å². The second-order valence-corrected chi connectivity index (χ2v) is 6.33. The Morgan fingerprint density at radius 1 is 1.15 bits per heavy atom. The van der Waals surface area contributed by atoms with Crippen LogP contribution in [-0.4, -0.2) is 60.0 Å². The third-order valence-electron chi connectivity index (χ3n) is 4.93. The van der Waals surface area contributed by atoms with Crippen LogP contribution in [0, 0.1) is 11.8 Å². The highest BCUT2D eigenvalue weighted by Gasteiger charge is 2.37. The zero-order chi connectivity index (χ0) is 14.7. The number of nitrogens with zero attached hydrogens (tertiary/aromatic N) is 2. The number of carbonyl (C=O) groups excluding carboxylic acids is 1. The lowest BCUT2D eigenvalue weighted by atomic mass is 9.78. The second-order valence-electron chi connectivity index (χ2n) is 6.33. The monoisotopic (exact) mass is 282 g/mol. The first-order valence-corrected chi connectivity index (χ1v) is 7.68. The summed E-state index contributed by atoms with van der Waals surface area (Å²) in [6, 6.07) is 0.427. The topological polar surface area (TPSA) is 60.9 Å². The van der Waals surface area contributed by atoms with Gasteiger partial charge in [-0.25, -0.2) is 0 Å². The van der Waals surface area contributed by atoms with E-state index in [4.69, 9.17) is 0 Å². The van der Waals surface area contributed by atoms with Crippen LogP contribution in [0.5, 0.6) is 0 Å². The van der Waals surface area contributed by atoms with Gasteiger partial charge in [0.25, 0.3) is 0 Å². The van der Waals surface area contributed by atoms with Crippen LogP contribution in [0.25, 0.3) is 0 Å². The molecule has 2 aliphatic rings. The second kappa shape index (κ2) is 6.57. The van der Waals surface area contributed by atoms with Gasteiger partial charge in [0.1, 0.15) is 0 Å². The number of carboxylic acid groups (broad SMARTS) is 1. The molecule has 1 N–H and O–H groups in total. The molecule has 1 heterocycles. The summed E-state index contributed by atoms with van der Waals surface area (Å²) in [6.07, 6.45) is 5.57. The van der Waals surface area contributed by atoms with Crippen molar-refractivity contribution in [3.63, 3.8) is 0 Å². The molecule has 1 saturated carbocycles. The summed E-state index contributed by atoms with van der Waals surface area (Å²) in [4.78, 5) is 27.9. The van der Waals surface area contributed by atoms with Crippen LogP contribution < -0.4 is 0 Å². The summed E-state index contributed by atoms with van der Waals surface area (Å²) in [6.45, 7) is 1.81. The largest absolute Gasteiger partial charge is 0.481 e. The molecule has 5 heteroatoms. The molecule has 1 amide bonds. The molecular formula is C15H26N2O3.